The van der Waals surface area contributed by atoms with E-state index in [1.54, 1.807) is 6.92 Å². The van der Waals surface area contributed by atoms with Crippen LogP contribution in [-0.2, 0) is 14.8 Å². The SMILES string of the molecule is CCCCNc1ncc(C(=O)Nc2ccc(S(=O)(=O)N(C)CC)cc2)c(NCCOCCO)n1. The van der Waals surface area contributed by atoms with Crippen LogP contribution in [0.3, 0.4) is 0 Å². The fourth-order valence-electron chi connectivity index (χ4n) is 2.81. The minimum absolute atomic E-state index is 0.0680. The molecule has 0 bridgehead atoms. The predicted molar refractivity (Wildman–Crippen MR) is 132 cm³/mol. The maximum atomic E-state index is 12.9. The van der Waals surface area contributed by atoms with Crippen LogP contribution in [0.25, 0.3) is 0 Å². The van der Waals surface area contributed by atoms with Crippen molar-refractivity contribution in [1.82, 2.24) is 14.3 Å². The molecule has 0 saturated heterocycles. The molecule has 2 rings (SSSR count). The number of aromatic nitrogens is 2. The van der Waals surface area contributed by atoms with Gasteiger partial charge in [0.05, 0.1) is 24.7 Å². The molecule has 34 heavy (non-hydrogen) atoms. The van der Waals surface area contributed by atoms with Gasteiger partial charge in [-0.15, -0.1) is 0 Å². The van der Waals surface area contributed by atoms with Gasteiger partial charge < -0.3 is 25.8 Å². The van der Waals surface area contributed by atoms with Crippen molar-refractivity contribution in [2.45, 2.75) is 31.6 Å². The van der Waals surface area contributed by atoms with Crippen molar-refractivity contribution in [3.63, 3.8) is 0 Å². The van der Waals surface area contributed by atoms with Crippen molar-refractivity contribution >= 4 is 33.4 Å². The number of hydrogen-bond acceptors (Lipinski definition) is 9. The second kappa shape index (κ2) is 13.8. The van der Waals surface area contributed by atoms with Crippen molar-refractivity contribution in [1.29, 1.82) is 0 Å². The van der Waals surface area contributed by atoms with Crippen LogP contribution in [-0.4, -0.2) is 80.2 Å². The summed E-state index contributed by atoms with van der Waals surface area (Å²) >= 11 is 0. The zero-order chi connectivity index (χ0) is 25.0. The third-order valence-corrected chi connectivity index (χ3v) is 6.83. The largest absolute Gasteiger partial charge is 0.394 e. The van der Waals surface area contributed by atoms with Crippen LogP contribution in [0.1, 0.15) is 37.0 Å². The summed E-state index contributed by atoms with van der Waals surface area (Å²) in [6, 6.07) is 5.97. The molecule has 1 aromatic carbocycles. The lowest BCUT2D eigenvalue weighted by Crippen LogP contribution is -2.26. The van der Waals surface area contributed by atoms with Crippen molar-refractivity contribution in [3.05, 3.63) is 36.0 Å². The van der Waals surface area contributed by atoms with Gasteiger partial charge in [-0.25, -0.2) is 17.7 Å². The number of amides is 1. The van der Waals surface area contributed by atoms with Gasteiger partial charge in [-0.3, -0.25) is 4.79 Å². The van der Waals surface area contributed by atoms with Gasteiger partial charge >= 0.3 is 0 Å². The van der Waals surface area contributed by atoms with Crippen LogP contribution in [0.5, 0.6) is 0 Å². The Hall–Kier alpha value is -2.80. The molecule has 0 atom stereocenters. The van der Waals surface area contributed by atoms with E-state index >= 15 is 0 Å². The van der Waals surface area contributed by atoms with Gasteiger partial charge in [-0.1, -0.05) is 20.3 Å². The highest BCUT2D eigenvalue weighted by atomic mass is 32.2. The lowest BCUT2D eigenvalue weighted by molar-refractivity contribution is 0.0990. The Morgan fingerprint density at radius 3 is 2.50 bits per heavy atom. The molecular weight excluding hydrogens is 460 g/mol. The van der Waals surface area contributed by atoms with Gasteiger partial charge in [0, 0.05) is 38.6 Å². The van der Waals surface area contributed by atoms with Crippen molar-refractivity contribution in [3.8, 4) is 0 Å². The van der Waals surface area contributed by atoms with Gasteiger partial charge in [-0.05, 0) is 30.7 Å². The first-order chi connectivity index (χ1) is 16.3. The van der Waals surface area contributed by atoms with Gasteiger partial charge in [0.2, 0.25) is 16.0 Å². The van der Waals surface area contributed by atoms with Crippen LogP contribution >= 0.6 is 0 Å². The molecule has 11 nitrogen and oxygen atoms in total. The van der Waals surface area contributed by atoms with Gasteiger partial charge in [0.15, 0.2) is 0 Å². The minimum Gasteiger partial charge on any atom is -0.394 e. The van der Waals surface area contributed by atoms with Gasteiger partial charge in [0.1, 0.15) is 11.4 Å². The fraction of sp³-hybridized carbons (Fsp3) is 0.500. The molecule has 188 valence electrons. The number of carbonyl (C=O) groups is 1. The number of benzene rings is 1. The van der Waals surface area contributed by atoms with E-state index in [-0.39, 0.29) is 23.7 Å². The topological polar surface area (TPSA) is 146 Å². The van der Waals surface area contributed by atoms with Crippen molar-refractivity contribution in [2.24, 2.45) is 0 Å². The number of nitrogens with zero attached hydrogens (tertiary/aromatic N) is 3. The average molecular weight is 495 g/mol. The maximum absolute atomic E-state index is 12.9. The minimum atomic E-state index is -3.57. The second-order valence-corrected chi connectivity index (χ2v) is 9.44. The third kappa shape index (κ3) is 7.90. The van der Waals surface area contributed by atoms with E-state index in [0.29, 0.717) is 43.7 Å². The molecule has 0 saturated carbocycles. The molecule has 0 fully saturated rings. The first kappa shape index (κ1) is 27.4. The summed E-state index contributed by atoms with van der Waals surface area (Å²) in [5, 5.41) is 17.8. The Morgan fingerprint density at radius 1 is 1.12 bits per heavy atom. The fourth-order valence-corrected chi connectivity index (χ4v) is 3.99. The van der Waals surface area contributed by atoms with E-state index in [9.17, 15) is 13.2 Å². The summed E-state index contributed by atoms with van der Waals surface area (Å²) in [6.45, 7) is 5.76. The molecule has 1 heterocycles. The standard InChI is InChI=1S/C22H34N6O5S/c1-4-6-11-24-22-25-16-19(20(27-22)23-12-14-33-15-13-29)21(30)26-17-7-9-18(10-8-17)34(31,32)28(3)5-2/h7-10,16,29H,4-6,11-15H2,1-3H3,(H,26,30)(H2,23,24,25,27). The van der Waals surface area contributed by atoms with Crippen LogP contribution in [0.15, 0.2) is 35.4 Å². The summed E-state index contributed by atoms with van der Waals surface area (Å²) < 4.78 is 31.4. The molecule has 0 spiro atoms. The Balaban J connectivity index is 2.15. The second-order valence-electron chi connectivity index (χ2n) is 7.40. The van der Waals surface area contributed by atoms with Gasteiger partial charge in [0.25, 0.3) is 5.91 Å². The van der Waals surface area contributed by atoms with Crippen LogP contribution in [0.2, 0.25) is 0 Å². The predicted octanol–water partition coefficient (Wildman–Crippen LogP) is 2.00. The molecule has 0 aliphatic heterocycles. The molecule has 2 aromatic rings. The average Bonchev–Trinajstić information content (AvgIpc) is 2.84. The highest BCUT2D eigenvalue weighted by Gasteiger charge is 2.20. The number of nitrogens with one attached hydrogen (secondary N) is 3. The van der Waals surface area contributed by atoms with Crippen LogP contribution in [0, 0.1) is 0 Å². The first-order valence-electron chi connectivity index (χ1n) is 11.2. The quantitative estimate of drug-likeness (QED) is 0.273. The zero-order valence-corrected chi connectivity index (χ0v) is 20.7. The van der Waals surface area contributed by atoms with E-state index in [1.165, 1.54) is 41.8 Å². The smallest absolute Gasteiger partial charge is 0.260 e. The lowest BCUT2D eigenvalue weighted by atomic mass is 10.2. The Bertz CT molecular complexity index is 1020. The summed E-state index contributed by atoms with van der Waals surface area (Å²) in [4.78, 5) is 21.7. The van der Waals surface area contributed by atoms with Gasteiger partial charge in [-0.2, -0.15) is 4.98 Å². The number of aliphatic hydroxyl groups excluding tert-OH is 1. The Kier molecular flexibility index (Phi) is 11.1. The number of rotatable bonds is 15. The van der Waals surface area contributed by atoms with E-state index in [4.69, 9.17) is 9.84 Å². The monoisotopic (exact) mass is 494 g/mol. The summed E-state index contributed by atoms with van der Waals surface area (Å²) in [5.74, 6) is 0.293. The number of hydrogen-bond donors (Lipinski definition) is 4. The number of aliphatic hydroxyl groups is 1. The normalized spacial score (nSPS) is 11.4. The summed E-state index contributed by atoms with van der Waals surface area (Å²) in [5.41, 5.74) is 0.663. The first-order valence-corrected chi connectivity index (χ1v) is 12.7. The summed E-state index contributed by atoms with van der Waals surface area (Å²) in [7, 11) is -2.06. The molecule has 0 radical (unpaired) electrons. The molecule has 12 heteroatoms. The molecule has 1 amide bonds. The van der Waals surface area contributed by atoms with Crippen molar-refractivity contribution in [2.75, 3.05) is 62.5 Å². The zero-order valence-electron chi connectivity index (χ0n) is 19.9. The highest BCUT2D eigenvalue weighted by Crippen LogP contribution is 2.20. The van der Waals surface area contributed by atoms with Crippen LogP contribution < -0.4 is 16.0 Å². The molecule has 4 N–H and O–H groups in total. The Labute approximate surface area is 201 Å². The molecule has 0 aliphatic carbocycles. The molecule has 1 aromatic heterocycles. The molecule has 0 unspecified atom stereocenters. The van der Waals surface area contributed by atoms with E-state index in [2.05, 4.69) is 32.8 Å². The maximum Gasteiger partial charge on any atom is 0.260 e. The summed E-state index contributed by atoms with van der Waals surface area (Å²) in [6.07, 6.45) is 3.42. The highest BCUT2D eigenvalue weighted by molar-refractivity contribution is 7.89. The van der Waals surface area contributed by atoms with E-state index < -0.39 is 15.9 Å². The molecule has 0 aliphatic rings. The third-order valence-electron chi connectivity index (χ3n) is 4.89. The van der Waals surface area contributed by atoms with Crippen molar-refractivity contribution < 1.29 is 23.1 Å². The number of ether oxygens (including phenoxy) is 1. The number of carbonyl (C=O) groups excluding carboxylic acids is 1. The number of sulfonamides is 1. The number of unbranched alkanes of at least 4 members (excludes halogenated alkanes) is 1. The number of anilines is 3. The molecular formula is C22H34N6O5S. The Morgan fingerprint density at radius 2 is 1.85 bits per heavy atom. The van der Waals surface area contributed by atoms with Crippen LogP contribution in [0.4, 0.5) is 17.5 Å². The van der Waals surface area contributed by atoms with E-state index in [0.717, 1.165) is 12.8 Å². The lowest BCUT2D eigenvalue weighted by Gasteiger charge is -2.15. The van der Waals surface area contributed by atoms with E-state index in [1.807, 2.05) is 0 Å².